The number of hydrogen-bond donors (Lipinski definition) is 3. The van der Waals surface area contributed by atoms with Crippen molar-refractivity contribution in [1.82, 2.24) is 29.6 Å². The van der Waals surface area contributed by atoms with Gasteiger partial charge in [0.1, 0.15) is 5.65 Å². The van der Waals surface area contributed by atoms with Crippen LogP contribution in [0.15, 0.2) is 43.0 Å². The molecule has 2 fully saturated rings. The fourth-order valence-corrected chi connectivity index (χ4v) is 5.54. The average Bonchev–Trinajstić information content (AvgIpc) is 3.58. The molecule has 0 aromatic carbocycles. The summed E-state index contributed by atoms with van der Waals surface area (Å²) in [4.78, 5) is 40.3. The summed E-state index contributed by atoms with van der Waals surface area (Å²) in [6.45, 7) is 3.18. The van der Waals surface area contributed by atoms with Gasteiger partial charge in [-0.2, -0.15) is 5.10 Å². The number of carbonyl (C=O) groups excluding carboxylic acids is 2. The maximum Gasteiger partial charge on any atom is 0.257 e. The van der Waals surface area contributed by atoms with Crippen molar-refractivity contribution in [2.75, 3.05) is 23.7 Å². The van der Waals surface area contributed by atoms with E-state index in [0.29, 0.717) is 34.8 Å². The van der Waals surface area contributed by atoms with E-state index in [2.05, 4.69) is 35.6 Å². The summed E-state index contributed by atoms with van der Waals surface area (Å²) in [5.41, 5.74) is 4.97. The Kier molecular flexibility index (Phi) is 5.75. The third-order valence-corrected chi connectivity index (χ3v) is 7.73. The summed E-state index contributed by atoms with van der Waals surface area (Å²) < 4.78 is 1.73. The lowest BCUT2D eigenvalue weighted by Crippen LogP contribution is -2.51. The zero-order valence-corrected chi connectivity index (χ0v) is 21.0. The molecule has 0 radical (unpaired) electrons. The molecule has 6 rings (SSSR count). The van der Waals surface area contributed by atoms with Crippen LogP contribution in [-0.2, 0) is 11.8 Å². The van der Waals surface area contributed by atoms with Gasteiger partial charge in [-0.05, 0) is 63.8 Å². The van der Waals surface area contributed by atoms with E-state index in [9.17, 15) is 9.59 Å². The first-order valence-electron chi connectivity index (χ1n) is 12.7. The number of hydrogen-bond acceptors (Lipinski definition) is 6. The monoisotopic (exact) mass is 498 g/mol. The molecule has 1 aliphatic heterocycles. The van der Waals surface area contributed by atoms with Gasteiger partial charge >= 0.3 is 0 Å². The Morgan fingerprint density at radius 1 is 1.05 bits per heavy atom. The van der Waals surface area contributed by atoms with Gasteiger partial charge in [-0.15, -0.1) is 0 Å². The molecule has 3 N–H and O–H groups in total. The SMILES string of the molecule is Cc1ncc(NC(=O)CN2CCCC23CCC3)cc1NC(=O)c1cnc2[nH]c(-c3cnn(C)c3)cc2c1. The predicted octanol–water partition coefficient (Wildman–Crippen LogP) is 3.88. The largest absolute Gasteiger partial charge is 0.339 e. The van der Waals surface area contributed by atoms with Crippen LogP contribution in [0.1, 0.15) is 48.2 Å². The number of rotatable bonds is 6. The van der Waals surface area contributed by atoms with Crippen LogP contribution in [0.2, 0.25) is 0 Å². The van der Waals surface area contributed by atoms with Crippen molar-refractivity contribution in [2.45, 2.75) is 44.6 Å². The average molecular weight is 499 g/mol. The Bertz CT molecular complexity index is 1500. The van der Waals surface area contributed by atoms with Crippen molar-refractivity contribution in [2.24, 2.45) is 7.05 Å². The third kappa shape index (κ3) is 4.48. The topological polar surface area (TPSA) is 121 Å². The Morgan fingerprint density at radius 3 is 2.65 bits per heavy atom. The fourth-order valence-electron chi connectivity index (χ4n) is 5.54. The van der Waals surface area contributed by atoms with Gasteiger partial charge in [0.15, 0.2) is 0 Å². The minimum Gasteiger partial charge on any atom is -0.339 e. The second-order valence-electron chi connectivity index (χ2n) is 10.2. The summed E-state index contributed by atoms with van der Waals surface area (Å²) in [5, 5.41) is 10.9. The summed E-state index contributed by atoms with van der Waals surface area (Å²) >= 11 is 0. The highest BCUT2D eigenvalue weighted by atomic mass is 16.2. The zero-order chi connectivity index (χ0) is 25.6. The highest BCUT2D eigenvalue weighted by Crippen LogP contribution is 2.45. The van der Waals surface area contributed by atoms with Gasteiger partial charge in [0, 0.05) is 35.9 Å². The van der Waals surface area contributed by atoms with E-state index in [0.717, 1.165) is 29.6 Å². The van der Waals surface area contributed by atoms with Crippen LogP contribution in [0.4, 0.5) is 11.4 Å². The van der Waals surface area contributed by atoms with Crippen molar-refractivity contribution in [3.8, 4) is 11.3 Å². The van der Waals surface area contributed by atoms with Crippen molar-refractivity contribution < 1.29 is 9.59 Å². The third-order valence-electron chi connectivity index (χ3n) is 7.73. The van der Waals surface area contributed by atoms with Crippen LogP contribution in [0.3, 0.4) is 0 Å². The van der Waals surface area contributed by atoms with Crippen LogP contribution in [0.25, 0.3) is 22.3 Å². The molecule has 1 saturated carbocycles. The summed E-state index contributed by atoms with van der Waals surface area (Å²) in [7, 11) is 1.86. The molecule has 0 bridgehead atoms. The second kappa shape index (κ2) is 9.11. The summed E-state index contributed by atoms with van der Waals surface area (Å²) in [5.74, 6) is -0.349. The Balaban J connectivity index is 1.14. The number of carbonyl (C=O) groups is 2. The van der Waals surface area contributed by atoms with Crippen molar-refractivity contribution in [3.63, 3.8) is 0 Å². The molecule has 0 atom stereocenters. The highest BCUT2D eigenvalue weighted by Gasteiger charge is 2.45. The van der Waals surface area contributed by atoms with E-state index >= 15 is 0 Å². The van der Waals surface area contributed by atoms with E-state index in [1.54, 1.807) is 35.4 Å². The minimum absolute atomic E-state index is 0.0531. The number of H-pyrrole nitrogens is 1. The number of aromatic nitrogens is 5. The molecule has 10 heteroatoms. The Hall–Kier alpha value is -4.05. The standard InChI is InChI=1S/C27H30N8O2/c1-17-22(11-21(14-28-17)31-24(36)16-35-8-4-7-27(35)5-3-6-27)33-26(37)19-9-18-10-23(32-25(18)29-12-19)20-13-30-34(2)15-20/h9-15H,3-8,16H2,1-2H3,(H,29,32)(H,31,36)(H,33,37). The maximum atomic E-state index is 13.1. The molecule has 2 amide bonds. The van der Waals surface area contributed by atoms with Gasteiger partial charge in [0.05, 0.1) is 47.3 Å². The highest BCUT2D eigenvalue weighted by molar-refractivity contribution is 6.06. The first-order valence-corrected chi connectivity index (χ1v) is 12.7. The first kappa shape index (κ1) is 23.4. The molecule has 0 unspecified atom stereocenters. The predicted molar refractivity (Wildman–Crippen MR) is 141 cm³/mol. The minimum atomic E-state index is -0.295. The number of anilines is 2. The fraction of sp³-hybridized carbons (Fsp3) is 0.370. The summed E-state index contributed by atoms with van der Waals surface area (Å²) in [6.07, 6.45) is 12.8. The van der Waals surface area contributed by atoms with Crippen LogP contribution in [-0.4, -0.2) is 60.1 Å². The number of likely N-dealkylation sites (tertiary alicyclic amines) is 1. The normalized spacial score (nSPS) is 16.7. The molecule has 1 spiro atoms. The Morgan fingerprint density at radius 2 is 1.89 bits per heavy atom. The van der Waals surface area contributed by atoms with E-state index < -0.39 is 0 Å². The number of aromatic amines is 1. The molecule has 37 heavy (non-hydrogen) atoms. The van der Waals surface area contributed by atoms with Crippen LogP contribution >= 0.6 is 0 Å². The van der Waals surface area contributed by atoms with Crippen molar-refractivity contribution in [1.29, 1.82) is 0 Å². The molecule has 4 aromatic heterocycles. The van der Waals surface area contributed by atoms with Crippen molar-refractivity contribution in [3.05, 3.63) is 54.2 Å². The first-order chi connectivity index (χ1) is 17.9. The lowest BCUT2D eigenvalue weighted by atomic mass is 9.75. The lowest BCUT2D eigenvalue weighted by Gasteiger charge is -2.45. The number of amides is 2. The summed E-state index contributed by atoms with van der Waals surface area (Å²) in [6, 6.07) is 5.51. The number of nitrogens with zero attached hydrogens (tertiary/aromatic N) is 5. The second-order valence-corrected chi connectivity index (χ2v) is 10.2. The van der Waals surface area contributed by atoms with Gasteiger partial charge in [-0.3, -0.25) is 24.2 Å². The molecule has 5 heterocycles. The molecule has 1 saturated heterocycles. The number of aryl methyl sites for hydroxylation is 2. The van der Waals surface area contributed by atoms with Gasteiger partial charge in [-0.25, -0.2) is 4.98 Å². The van der Waals surface area contributed by atoms with Crippen LogP contribution in [0.5, 0.6) is 0 Å². The lowest BCUT2D eigenvalue weighted by molar-refractivity contribution is -0.119. The molecule has 1 aliphatic carbocycles. The number of fused-ring (bicyclic) bond motifs is 1. The van der Waals surface area contributed by atoms with Crippen molar-refractivity contribution >= 4 is 34.2 Å². The van der Waals surface area contributed by atoms with E-state index in [1.165, 1.54) is 25.7 Å². The molecule has 10 nitrogen and oxygen atoms in total. The number of pyridine rings is 2. The molecular formula is C27H30N8O2. The van der Waals surface area contributed by atoms with Crippen LogP contribution < -0.4 is 10.6 Å². The van der Waals surface area contributed by atoms with E-state index in [4.69, 9.17) is 0 Å². The van der Waals surface area contributed by atoms with E-state index in [-0.39, 0.29) is 17.4 Å². The van der Waals surface area contributed by atoms with E-state index in [1.807, 2.05) is 26.2 Å². The quantitative estimate of drug-likeness (QED) is 0.371. The van der Waals surface area contributed by atoms with Gasteiger partial charge in [-0.1, -0.05) is 0 Å². The molecule has 2 aliphatic rings. The van der Waals surface area contributed by atoms with Gasteiger partial charge in [0.25, 0.3) is 5.91 Å². The molecule has 190 valence electrons. The maximum absolute atomic E-state index is 13.1. The van der Waals surface area contributed by atoms with Crippen LogP contribution in [0, 0.1) is 6.92 Å². The Labute approximate surface area is 214 Å². The van der Waals surface area contributed by atoms with Gasteiger partial charge < -0.3 is 15.6 Å². The smallest absolute Gasteiger partial charge is 0.257 e. The van der Waals surface area contributed by atoms with Gasteiger partial charge in [0.2, 0.25) is 5.91 Å². The zero-order valence-electron chi connectivity index (χ0n) is 21.0. The molecule has 4 aromatic rings. The molecular weight excluding hydrogens is 468 g/mol. The number of nitrogens with one attached hydrogen (secondary N) is 3.